The van der Waals surface area contributed by atoms with Crippen molar-refractivity contribution in [3.63, 3.8) is 0 Å². The summed E-state index contributed by atoms with van der Waals surface area (Å²) >= 11 is 0. The lowest BCUT2D eigenvalue weighted by atomic mass is 9.88. The van der Waals surface area contributed by atoms with Crippen molar-refractivity contribution in [2.75, 3.05) is 13.1 Å². The average Bonchev–Trinajstić information content (AvgIpc) is 2.98. The van der Waals surface area contributed by atoms with Gasteiger partial charge in [0, 0.05) is 5.54 Å². The molecule has 124 valence electrons. The minimum atomic E-state index is 0.682. The van der Waals surface area contributed by atoms with E-state index in [1.165, 1.54) is 96.6 Å². The summed E-state index contributed by atoms with van der Waals surface area (Å²) in [5, 5.41) is 0. The first-order chi connectivity index (χ1) is 10.9. The van der Waals surface area contributed by atoms with E-state index in [2.05, 4.69) is 11.0 Å². The summed E-state index contributed by atoms with van der Waals surface area (Å²) in [7, 11) is 0. The summed E-state index contributed by atoms with van der Waals surface area (Å²) in [6.07, 6.45) is 23.2. The van der Waals surface area contributed by atoms with Crippen LogP contribution in [0.4, 0.5) is 0 Å². The molecule has 1 heteroatoms. The van der Waals surface area contributed by atoms with E-state index in [0.29, 0.717) is 5.54 Å². The smallest absolute Gasteiger partial charge is 0.0269 e. The van der Waals surface area contributed by atoms with Gasteiger partial charge in [0.25, 0.3) is 0 Å². The van der Waals surface area contributed by atoms with Crippen LogP contribution in [0.25, 0.3) is 0 Å². The molecular weight excluding hydrogens is 266 g/mol. The summed E-state index contributed by atoms with van der Waals surface area (Å²) < 4.78 is 0. The van der Waals surface area contributed by atoms with E-state index in [1.54, 1.807) is 12.0 Å². The number of piperidine rings is 1. The van der Waals surface area contributed by atoms with Crippen LogP contribution in [0.3, 0.4) is 0 Å². The summed E-state index contributed by atoms with van der Waals surface area (Å²) in [5.74, 6) is 2.11. The molecule has 0 spiro atoms. The number of rotatable bonds is 6. The third-order valence-electron chi connectivity index (χ3n) is 7.31. The predicted octanol–water partition coefficient (Wildman–Crippen LogP) is 5.70. The van der Waals surface area contributed by atoms with Gasteiger partial charge in [-0.3, -0.25) is 4.90 Å². The third-order valence-corrected chi connectivity index (χ3v) is 7.31. The van der Waals surface area contributed by atoms with Gasteiger partial charge in [0.15, 0.2) is 0 Å². The monoisotopic (exact) mass is 301 g/mol. The Kier molecular flexibility index (Phi) is 4.62. The first-order valence-electron chi connectivity index (χ1n) is 10.3. The molecule has 2 saturated carbocycles. The molecular formula is C21H35N. The summed E-state index contributed by atoms with van der Waals surface area (Å²) in [5.41, 5.74) is 2.46. The molecule has 1 saturated heterocycles. The van der Waals surface area contributed by atoms with Crippen LogP contribution in [0.2, 0.25) is 0 Å². The number of allylic oxidation sites excluding steroid dienone is 2. The fraction of sp³-hybridized carbons (Fsp3) is 0.905. The Labute approximate surface area is 137 Å². The van der Waals surface area contributed by atoms with Gasteiger partial charge >= 0.3 is 0 Å². The van der Waals surface area contributed by atoms with Gasteiger partial charge in [0.05, 0.1) is 0 Å². The Morgan fingerprint density at radius 2 is 1.82 bits per heavy atom. The number of nitrogens with zero attached hydrogens (tertiary/aromatic N) is 1. The molecule has 1 heterocycles. The van der Waals surface area contributed by atoms with E-state index in [1.807, 2.05) is 0 Å². The van der Waals surface area contributed by atoms with E-state index in [4.69, 9.17) is 0 Å². The van der Waals surface area contributed by atoms with Crippen molar-refractivity contribution in [3.05, 3.63) is 11.6 Å². The summed E-state index contributed by atoms with van der Waals surface area (Å²) in [4.78, 5) is 2.98. The average molecular weight is 302 g/mol. The Hall–Kier alpha value is -0.300. The van der Waals surface area contributed by atoms with E-state index in [0.717, 1.165) is 11.8 Å². The second-order valence-corrected chi connectivity index (χ2v) is 8.57. The van der Waals surface area contributed by atoms with Crippen LogP contribution < -0.4 is 0 Å². The zero-order valence-electron chi connectivity index (χ0n) is 14.5. The fourth-order valence-electron chi connectivity index (χ4n) is 6.11. The van der Waals surface area contributed by atoms with Crippen LogP contribution in [0.1, 0.15) is 89.9 Å². The predicted molar refractivity (Wildman–Crippen MR) is 94.0 cm³/mol. The third kappa shape index (κ3) is 2.90. The topological polar surface area (TPSA) is 3.24 Å². The van der Waals surface area contributed by atoms with Gasteiger partial charge in [-0.25, -0.2) is 0 Å². The van der Waals surface area contributed by atoms with Crippen LogP contribution >= 0.6 is 0 Å². The molecule has 0 aromatic carbocycles. The van der Waals surface area contributed by atoms with Crippen LogP contribution in [-0.4, -0.2) is 23.5 Å². The Morgan fingerprint density at radius 1 is 1.00 bits per heavy atom. The molecule has 2 atom stereocenters. The molecule has 0 aromatic rings. The highest BCUT2D eigenvalue weighted by Gasteiger charge is 2.61. The number of hydrogen-bond donors (Lipinski definition) is 0. The lowest BCUT2D eigenvalue weighted by molar-refractivity contribution is 0.0831. The molecule has 0 bridgehead atoms. The molecule has 0 radical (unpaired) electrons. The van der Waals surface area contributed by atoms with E-state index < -0.39 is 0 Å². The number of likely N-dealkylation sites (tertiary alicyclic amines) is 1. The molecule has 22 heavy (non-hydrogen) atoms. The molecule has 3 aliphatic carbocycles. The lowest BCUT2D eigenvalue weighted by Gasteiger charge is -2.40. The van der Waals surface area contributed by atoms with Gasteiger partial charge in [-0.1, -0.05) is 30.9 Å². The maximum Gasteiger partial charge on any atom is 0.0269 e. The highest BCUT2D eigenvalue weighted by molar-refractivity contribution is 5.16. The SMILES string of the molecule is C1=C(CCC[C@@H]2C[C@@]2(C2CCCC2)N2CCCCC2)CCC1. The summed E-state index contributed by atoms with van der Waals surface area (Å²) in [6.45, 7) is 2.83. The second kappa shape index (κ2) is 6.67. The molecule has 0 N–H and O–H groups in total. The van der Waals surface area contributed by atoms with Gasteiger partial charge in [-0.05, 0) is 95.6 Å². The van der Waals surface area contributed by atoms with Gasteiger partial charge < -0.3 is 0 Å². The molecule has 0 amide bonds. The molecule has 1 aliphatic heterocycles. The second-order valence-electron chi connectivity index (χ2n) is 8.57. The number of hydrogen-bond acceptors (Lipinski definition) is 1. The molecule has 1 nitrogen and oxygen atoms in total. The first-order valence-corrected chi connectivity index (χ1v) is 10.3. The molecule has 0 aromatic heterocycles. The Bertz CT molecular complexity index is 400. The van der Waals surface area contributed by atoms with Crippen molar-refractivity contribution >= 4 is 0 Å². The van der Waals surface area contributed by atoms with E-state index in [9.17, 15) is 0 Å². The maximum absolute atomic E-state index is 2.98. The molecule has 0 unspecified atom stereocenters. The van der Waals surface area contributed by atoms with E-state index >= 15 is 0 Å². The van der Waals surface area contributed by atoms with Crippen LogP contribution in [0.5, 0.6) is 0 Å². The normalized spacial score (nSPS) is 36.7. The summed E-state index contributed by atoms with van der Waals surface area (Å²) in [6, 6.07) is 0. The van der Waals surface area contributed by atoms with Gasteiger partial charge in [-0.15, -0.1) is 0 Å². The van der Waals surface area contributed by atoms with E-state index in [-0.39, 0.29) is 0 Å². The fourth-order valence-corrected chi connectivity index (χ4v) is 6.11. The largest absolute Gasteiger partial charge is 0.297 e. The van der Waals surface area contributed by atoms with Crippen molar-refractivity contribution < 1.29 is 0 Å². The zero-order chi connectivity index (χ0) is 14.8. The van der Waals surface area contributed by atoms with Crippen molar-refractivity contribution in [1.82, 2.24) is 4.90 Å². The Balaban J connectivity index is 1.35. The first kappa shape index (κ1) is 15.2. The van der Waals surface area contributed by atoms with Crippen LogP contribution in [-0.2, 0) is 0 Å². The standard InChI is InChI=1S/C21H35N/c1-6-15-22(16-7-1)21(19-12-4-5-13-19)17-20(21)14-8-11-18-9-2-3-10-18/h9,19-20H,1-8,10-17H2/t20-,21+/m1/s1. The maximum atomic E-state index is 2.98. The highest BCUT2D eigenvalue weighted by Crippen LogP contribution is 2.60. The van der Waals surface area contributed by atoms with Crippen molar-refractivity contribution in [1.29, 1.82) is 0 Å². The molecule has 4 rings (SSSR count). The molecule has 3 fully saturated rings. The zero-order valence-corrected chi connectivity index (χ0v) is 14.5. The molecule has 4 aliphatic rings. The van der Waals surface area contributed by atoms with Crippen LogP contribution in [0.15, 0.2) is 11.6 Å². The van der Waals surface area contributed by atoms with Crippen molar-refractivity contribution in [2.24, 2.45) is 11.8 Å². The van der Waals surface area contributed by atoms with Gasteiger partial charge in [-0.2, -0.15) is 0 Å². The minimum absolute atomic E-state index is 0.682. The quantitative estimate of drug-likeness (QED) is 0.569. The van der Waals surface area contributed by atoms with Crippen LogP contribution in [0, 0.1) is 11.8 Å². The van der Waals surface area contributed by atoms with Crippen molar-refractivity contribution in [2.45, 2.75) is 95.4 Å². The van der Waals surface area contributed by atoms with Crippen molar-refractivity contribution in [3.8, 4) is 0 Å². The van der Waals surface area contributed by atoms with Gasteiger partial charge in [0.2, 0.25) is 0 Å². The Morgan fingerprint density at radius 3 is 2.55 bits per heavy atom. The van der Waals surface area contributed by atoms with Gasteiger partial charge in [0.1, 0.15) is 0 Å². The highest BCUT2D eigenvalue weighted by atomic mass is 15.2. The lowest BCUT2D eigenvalue weighted by Crippen LogP contribution is -2.46. The minimum Gasteiger partial charge on any atom is -0.297 e.